The summed E-state index contributed by atoms with van der Waals surface area (Å²) in [5.74, 6) is 0.0837. The number of benzene rings is 2. The van der Waals surface area contributed by atoms with Gasteiger partial charge in [0.15, 0.2) is 5.13 Å². The maximum atomic E-state index is 12.7. The van der Waals surface area contributed by atoms with Crippen molar-refractivity contribution in [3.05, 3.63) is 57.0 Å². The van der Waals surface area contributed by atoms with E-state index < -0.39 is 0 Å². The topological polar surface area (TPSA) is 36.4 Å². The highest BCUT2D eigenvalue weighted by molar-refractivity contribution is 9.10. The van der Waals surface area contributed by atoms with E-state index in [-0.39, 0.29) is 5.91 Å². The van der Waals surface area contributed by atoms with E-state index in [1.54, 1.807) is 11.3 Å². The molecular formula is C18H15Br2N3OS. The standard InChI is InChI=1S/C18H15Br2N3OS/c19-12-5-6-15-16(11-12)25-18(21-15)23-9-7-22(8-10-23)17(24)13-3-1-2-4-14(13)20/h1-6,11H,7-10H2. The zero-order valence-corrected chi connectivity index (χ0v) is 17.3. The van der Waals surface area contributed by atoms with Gasteiger partial charge in [0, 0.05) is 35.1 Å². The summed E-state index contributed by atoms with van der Waals surface area (Å²) in [6.07, 6.45) is 0. The molecule has 3 aromatic rings. The van der Waals surface area contributed by atoms with Crippen LogP contribution in [-0.4, -0.2) is 42.0 Å². The zero-order chi connectivity index (χ0) is 17.4. The van der Waals surface area contributed by atoms with Gasteiger partial charge in [-0.05, 0) is 46.3 Å². The molecule has 4 rings (SSSR count). The minimum Gasteiger partial charge on any atom is -0.345 e. The quantitative estimate of drug-likeness (QED) is 0.529. The van der Waals surface area contributed by atoms with Crippen molar-refractivity contribution in [1.29, 1.82) is 0 Å². The van der Waals surface area contributed by atoms with Crippen molar-refractivity contribution in [2.75, 3.05) is 31.1 Å². The van der Waals surface area contributed by atoms with Gasteiger partial charge in [0.2, 0.25) is 0 Å². The van der Waals surface area contributed by atoms with Crippen molar-refractivity contribution in [3.8, 4) is 0 Å². The number of carbonyl (C=O) groups excluding carboxylic acids is 1. The van der Waals surface area contributed by atoms with Gasteiger partial charge in [-0.3, -0.25) is 4.79 Å². The second-order valence-corrected chi connectivity index (χ2v) is 8.65. The molecule has 4 nitrogen and oxygen atoms in total. The zero-order valence-electron chi connectivity index (χ0n) is 13.3. The first-order chi connectivity index (χ1) is 12.1. The van der Waals surface area contributed by atoms with Gasteiger partial charge in [-0.2, -0.15) is 0 Å². The summed E-state index contributed by atoms with van der Waals surface area (Å²) in [4.78, 5) is 21.6. The molecule has 2 aromatic carbocycles. The fourth-order valence-corrected chi connectivity index (χ4v) is 4.95. The average Bonchev–Trinajstić information content (AvgIpc) is 3.05. The van der Waals surface area contributed by atoms with Crippen molar-refractivity contribution in [1.82, 2.24) is 9.88 Å². The summed E-state index contributed by atoms with van der Waals surface area (Å²) in [6.45, 7) is 3.02. The summed E-state index contributed by atoms with van der Waals surface area (Å²) in [5, 5.41) is 1.03. The molecule has 0 spiro atoms. The van der Waals surface area contributed by atoms with Crippen LogP contribution in [0, 0.1) is 0 Å². The number of halogens is 2. The van der Waals surface area contributed by atoms with E-state index in [0.29, 0.717) is 13.1 Å². The average molecular weight is 481 g/mol. The lowest BCUT2D eigenvalue weighted by molar-refractivity contribution is 0.0746. The molecule has 1 aliphatic rings. The minimum atomic E-state index is 0.0837. The minimum absolute atomic E-state index is 0.0837. The number of thiazole rings is 1. The number of aromatic nitrogens is 1. The van der Waals surface area contributed by atoms with Crippen LogP contribution in [-0.2, 0) is 0 Å². The van der Waals surface area contributed by atoms with Gasteiger partial charge in [-0.15, -0.1) is 0 Å². The van der Waals surface area contributed by atoms with E-state index in [9.17, 15) is 4.79 Å². The number of hydrogen-bond donors (Lipinski definition) is 0. The van der Waals surface area contributed by atoms with Crippen molar-refractivity contribution in [2.24, 2.45) is 0 Å². The maximum Gasteiger partial charge on any atom is 0.255 e. The van der Waals surface area contributed by atoms with Gasteiger partial charge >= 0.3 is 0 Å². The van der Waals surface area contributed by atoms with Crippen LogP contribution in [0.4, 0.5) is 5.13 Å². The Hall–Kier alpha value is -1.44. The number of rotatable bonds is 2. The van der Waals surface area contributed by atoms with Crippen LogP contribution in [0.3, 0.4) is 0 Å². The first-order valence-corrected chi connectivity index (χ1v) is 10.4. The summed E-state index contributed by atoms with van der Waals surface area (Å²) in [5.41, 5.74) is 1.75. The van der Waals surface area contributed by atoms with Crippen LogP contribution in [0.5, 0.6) is 0 Å². The summed E-state index contributed by atoms with van der Waals surface area (Å²) >= 11 is 8.67. The van der Waals surface area contributed by atoms with E-state index in [0.717, 1.165) is 38.2 Å². The summed E-state index contributed by atoms with van der Waals surface area (Å²) in [6, 6.07) is 13.7. The number of fused-ring (bicyclic) bond motifs is 1. The van der Waals surface area contributed by atoms with Crippen LogP contribution >= 0.6 is 43.2 Å². The van der Waals surface area contributed by atoms with Crippen LogP contribution in [0.25, 0.3) is 10.2 Å². The molecule has 128 valence electrons. The first-order valence-electron chi connectivity index (χ1n) is 7.97. The van der Waals surface area contributed by atoms with E-state index in [1.807, 2.05) is 41.3 Å². The first kappa shape index (κ1) is 17.0. The normalized spacial score (nSPS) is 15.0. The van der Waals surface area contributed by atoms with E-state index in [1.165, 1.54) is 4.70 Å². The van der Waals surface area contributed by atoms with Gasteiger partial charge in [0.05, 0.1) is 15.8 Å². The highest BCUT2D eigenvalue weighted by Gasteiger charge is 2.24. The lowest BCUT2D eigenvalue weighted by Gasteiger charge is -2.34. The third kappa shape index (κ3) is 3.45. The molecular weight excluding hydrogens is 466 g/mol. The molecule has 1 aromatic heterocycles. The van der Waals surface area contributed by atoms with E-state index >= 15 is 0 Å². The summed E-state index contributed by atoms with van der Waals surface area (Å²) < 4.78 is 3.09. The molecule has 2 heterocycles. The molecule has 0 radical (unpaired) electrons. The monoisotopic (exact) mass is 479 g/mol. The number of amides is 1. The van der Waals surface area contributed by atoms with Gasteiger partial charge in [-0.1, -0.05) is 39.4 Å². The Morgan fingerprint density at radius 1 is 1.04 bits per heavy atom. The van der Waals surface area contributed by atoms with Crippen molar-refractivity contribution >= 4 is 64.5 Å². The predicted octanol–water partition coefficient (Wildman–Crippen LogP) is 4.78. The SMILES string of the molecule is O=C(c1ccccc1Br)N1CCN(c2nc3ccc(Br)cc3s2)CC1. The Morgan fingerprint density at radius 2 is 1.80 bits per heavy atom. The molecule has 7 heteroatoms. The Balaban J connectivity index is 1.47. The Bertz CT molecular complexity index is 935. The fraction of sp³-hybridized carbons (Fsp3) is 0.222. The van der Waals surface area contributed by atoms with Crippen molar-refractivity contribution < 1.29 is 4.79 Å². The molecule has 25 heavy (non-hydrogen) atoms. The Labute approximate surface area is 166 Å². The second-order valence-electron chi connectivity index (χ2n) is 5.87. The van der Waals surface area contributed by atoms with Crippen molar-refractivity contribution in [2.45, 2.75) is 0 Å². The Morgan fingerprint density at radius 3 is 2.56 bits per heavy atom. The van der Waals surface area contributed by atoms with E-state index in [2.05, 4.69) is 42.8 Å². The predicted molar refractivity (Wildman–Crippen MR) is 110 cm³/mol. The van der Waals surface area contributed by atoms with Gasteiger partial charge in [-0.25, -0.2) is 4.98 Å². The van der Waals surface area contributed by atoms with Gasteiger partial charge < -0.3 is 9.80 Å². The van der Waals surface area contributed by atoms with Crippen molar-refractivity contribution in [3.63, 3.8) is 0 Å². The molecule has 0 saturated carbocycles. The third-order valence-electron chi connectivity index (χ3n) is 4.28. The molecule has 1 saturated heterocycles. The van der Waals surface area contributed by atoms with Crippen LogP contribution in [0.2, 0.25) is 0 Å². The van der Waals surface area contributed by atoms with Gasteiger partial charge in [0.1, 0.15) is 0 Å². The molecule has 0 unspecified atom stereocenters. The van der Waals surface area contributed by atoms with E-state index in [4.69, 9.17) is 4.98 Å². The smallest absolute Gasteiger partial charge is 0.255 e. The van der Waals surface area contributed by atoms with Crippen LogP contribution < -0.4 is 4.90 Å². The fourth-order valence-electron chi connectivity index (χ4n) is 2.93. The Kier molecular flexibility index (Phi) is 4.80. The number of nitrogens with zero attached hydrogens (tertiary/aromatic N) is 3. The molecule has 0 N–H and O–H groups in total. The van der Waals surface area contributed by atoms with Crippen LogP contribution in [0.15, 0.2) is 51.4 Å². The molecule has 0 bridgehead atoms. The molecule has 0 atom stereocenters. The molecule has 1 aliphatic heterocycles. The maximum absolute atomic E-state index is 12.7. The number of piperazine rings is 1. The molecule has 0 aliphatic carbocycles. The largest absolute Gasteiger partial charge is 0.345 e. The number of carbonyl (C=O) groups is 1. The lowest BCUT2D eigenvalue weighted by atomic mass is 10.2. The number of hydrogen-bond acceptors (Lipinski definition) is 4. The highest BCUT2D eigenvalue weighted by atomic mass is 79.9. The van der Waals surface area contributed by atoms with Crippen LogP contribution in [0.1, 0.15) is 10.4 Å². The molecule has 1 amide bonds. The summed E-state index contributed by atoms with van der Waals surface area (Å²) in [7, 11) is 0. The third-order valence-corrected chi connectivity index (χ3v) is 6.54. The number of anilines is 1. The van der Waals surface area contributed by atoms with Gasteiger partial charge in [0.25, 0.3) is 5.91 Å². The molecule has 1 fully saturated rings. The lowest BCUT2D eigenvalue weighted by Crippen LogP contribution is -2.48. The highest BCUT2D eigenvalue weighted by Crippen LogP contribution is 2.31. The second kappa shape index (κ2) is 7.05.